The van der Waals surface area contributed by atoms with Gasteiger partial charge in [-0.25, -0.2) is 4.79 Å². The Morgan fingerprint density at radius 3 is 2.46 bits per heavy atom. The fourth-order valence-electron chi connectivity index (χ4n) is 4.05. The van der Waals surface area contributed by atoms with Crippen LogP contribution in [0.3, 0.4) is 0 Å². The van der Waals surface area contributed by atoms with Crippen LogP contribution in [-0.2, 0) is 14.3 Å². The number of hydrogen-bond acceptors (Lipinski definition) is 5. The molecular weight excluding hydrogens is 338 g/mol. The van der Waals surface area contributed by atoms with Crippen molar-refractivity contribution in [1.29, 1.82) is 0 Å². The summed E-state index contributed by atoms with van der Waals surface area (Å²) in [6.45, 7) is 2.24. The largest absolute Gasteiger partial charge is 0.394 e. The molecule has 3 atom stereocenters. The Morgan fingerprint density at radius 1 is 1.04 bits per heavy atom. The summed E-state index contributed by atoms with van der Waals surface area (Å²) in [5, 5.41) is 15.6. The molecule has 2 aliphatic heterocycles. The van der Waals surface area contributed by atoms with Gasteiger partial charge in [0.2, 0.25) is 5.91 Å². The predicted octanol–water partition coefficient (Wildman–Crippen LogP) is 0.386. The van der Waals surface area contributed by atoms with E-state index in [1.54, 1.807) is 4.90 Å². The number of carbonyl (C=O) groups excluding carboxylic acids is 2. The van der Waals surface area contributed by atoms with Gasteiger partial charge in [0.05, 0.1) is 38.4 Å². The quantitative estimate of drug-likeness (QED) is 0.651. The standard InChI is InChI=1S/C18H31N3O5/c22-12-16-15(20-18(24)19-13-3-1-2-4-13)6-5-14(26-16)11-17(23)21-7-9-25-10-8-21/h13-16,22H,1-12H2,(H2,19,20,24)/t14-,15+,16+/m0/s1. The van der Waals surface area contributed by atoms with Gasteiger partial charge in [0.1, 0.15) is 6.10 Å². The van der Waals surface area contributed by atoms with E-state index in [2.05, 4.69) is 10.6 Å². The molecule has 1 aliphatic carbocycles. The van der Waals surface area contributed by atoms with Crippen LogP contribution < -0.4 is 10.6 Å². The van der Waals surface area contributed by atoms with Crippen LogP contribution in [0.1, 0.15) is 44.9 Å². The number of hydrogen-bond donors (Lipinski definition) is 3. The number of aliphatic hydroxyl groups excluding tert-OH is 1. The van der Waals surface area contributed by atoms with Crippen molar-refractivity contribution in [3.63, 3.8) is 0 Å². The summed E-state index contributed by atoms with van der Waals surface area (Å²) in [6, 6.07) is -0.158. The predicted molar refractivity (Wildman–Crippen MR) is 94.7 cm³/mol. The Bertz CT molecular complexity index is 477. The fraction of sp³-hybridized carbons (Fsp3) is 0.889. The lowest BCUT2D eigenvalue weighted by Crippen LogP contribution is -2.55. The number of nitrogens with one attached hydrogen (secondary N) is 2. The topological polar surface area (TPSA) is 100 Å². The number of morpholine rings is 1. The van der Waals surface area contributed by atoms with Gasteiger partial charge in [-0.15, -0.1) is 0 Å². The number of aliphatic hydroxyl groups is 1. The van der Waals surface area contributed by atoms with Crippen LogP contribution in [0.5, 0.6) is 0 Å². The summed E-state index contributed by atoms with van der Waals surface area (Å²) in [5.41, 5.74) is 0. The minimum Gasteiger partial charge on any atom is -0.394 e. The Hall–Kier alpha value is -1.38. The lowest BCUT2D eigenvalue weighted by molar-refractivity contribution is -0.143. The highest BCUT2D eigenvalue weighted by Crippen LogP contribution is 2.23. The van der Waals surface area contributed by atoms with Crippen molar-refractivity contribution in [3.8, 4) is 0 Å². The molecule has 0 aromatic rings. The highest BCUT2D eigenvalue weighted by Gasteiger charge is 2.34. The highest BCUT2D eigenvalue weighted by molar-refractivity contribution is 5.77. The van der Waals surface area contributed by atoms with E-state index in [1.165, 1.54) is 0 Å². The van der Waals surface area contributed by atoms with Gasteiger partial charge in [-0.1, -0.05) is 12.8 Å². The summed E-state index contributed by atoms with van der Waals surface area (Å²) < 4.78 is 11.2. The molecule has 0 aromatic heterocycles. The molecule has 2 saturated heterocycles. The maximum atomic E-state index is 12.4. The van der Waals surface area contributed by atoms with Crippen molar-refractivity contribution in [2.24, 2.45) is 0 Å². The maximum Gasteiger partial charge on any atom is 0.315 e. The van der Waals surface area contributed by atoms with Crippen LogP contribution in [0.4, 0.5) is 4.79 Å². The minimum absolute atomic E-state index is 0.0698. The average Bonchev–Trinajstić information content (AvgIpc) is 3.16. The maximum absolute atomic E-state index is 12.4. The lowest BCUT2D eigenvalue weighted by atomic mass is 9.97. The summed E-state index contributed by atoms with van der Waals surface area (Å²) in [4.78, 5) is 26.3. The third-order valence-electron chi connectivity index (χ3n) is 5.57. The molecule has 0 spiro atoms. The first kappa shape index (κ1) is 19.4. The molecule has 0 unspecified atom stereocenters. The van der Waals surface area contributed by atoms with Gasteiger partial charge in [-0.3, -0.25) is 4.79 Å². The second-order valence-corrected chi connectivity index (χ2v) is 7.46. The summed E-state index contributed by atoms with van der Waals surface area (Å²) in [7, 11) is 0. The van der Waals surface area contributed by atoms with E-state index in [0.717, 1.165) is 25.7 Å². The molecule has 3 aliphatic rings. The summed E-state index contributed by atoms with van der Waals surface area (Å²) in [5.74, 6) is 0.0698. The molecule has 148 valence electrons. The molecule has 0 radical (unpaired) electrons. The van der Waals surface area contributed by atoms with E-state index in [4.69, 9.17) is 9.47 Å². The van der Waals surface area contributed by atoms with Crippen LogP contribution in [0.15, 0.2) is 0 Å². The Morgan fingerprint density at radius 2 is 1.77 bits per heavy atom. The Labute approximate surface area is 154 Å². The van der Waals surface area contributed by atoms with Gasteiger partial charge in [0, 0.05) is 19.1 Å². The first-order valence-electron chi connectivity index (χ1n) is 9.84. The number of carbonyl (C=O) groups is 2. The van der Waals surface area contributed by atoms with Crippen molar-refractivity contribution in [2.45, 2.75) is 69.2 Å². The Kier molecular flexibility index (Phi) is 7.10. The molecular formula is C18H31N3O5. The molecule has 8 heteroatoms. The first-order valence-corrected chi connectivity index (χ1v) is 9.84. The third kappa shape index (κ3) is 5.31. The summed E-state index contributed by atoms with van der Waals surface area (Å²) >= 11 is 0. The fourth-order valence-corrected chi connectivity index (χ4v) is 4.05. The van der Waals surface area contributed by atoms with Gasteiger partial charge < -0.3 is 30.1 Å². The molecule has 8 nitrogen and oxygen atoms in total. The van der Waals surface area contributed by atoms with Crippen molar-refractivity contribution in [3.05, 3.63) is 0 Å². The van der Waals surface area contributed by atoms with Crippen LogP contribution in [0.25, 0.3) is 0 Å². The van der Waals surface area contributed by atoms with E-state index in [0.29, 0.717) is 45.6 Å². The summed E-state index contributed by atoms with van der Waals surface area (Å²) in [6.07, 6.45) is 5.42. The van der Waals surface area contributed by atoms with Crippen LogP contribution >= 0.6 is 0 Å². The molecule has 3 N–H and O–H groups in total. The first-order chi connectivity index (χ1) is 12.7. The van der Waals surface area contributed by atoms with E-state index < -0.39 is 6.10 Å². The average molecular weight is 369 g/mol. The van der Waals surface area contributed by atoms with Gasteiger partial charge in [0.15, 0.2) is 0 Å². The molecule has 3 amide bonds. The lowest BCUT2D eigenvalue weighted by Gasteiger charge is -2.37. The van der Waals surface area contributed by atoms with Crippen molar-refractivity contribution in [2.75, 3.05) is 32.9 Å². The second kappa shape index (κ2) is 9.53. The second-order valence-electron chi connectivity index (χ2n) is 7.46. The normalized spacial score (nSPS) is 30.2. The van der Waals surface area contributed by atoms with Crippen LogP contribution in [0, 0.1) is 0 Å². The zero-order valence-corrected chi connectivity index (χ0v) is 15.3. The van der Waals surface area contributed by atoms with Gasteiger partial charge in [0.25, 0.3) is 0 Å². The zero-order chi connectivity index (χ0) is 18.4. The van der Waals surface area contributed by atoms with E-state index >= 15 is 0 Å². The van der Waals surface area contributed by atoms with E-state index in [-0.39, 0.29) is 36.7 Å². The molecule has 2 heterocycles. The molecule has 3 fully saturated rings. The van der Waals surface area contributed by atoms with Gasteiger partial charge in [-0.2, -0.15) is 0 Å². The minimum atomic E-state index is -0.472. The third-order valence-corrected chi connectivity index (χ3v) is 5.57. The SMILES string of the molecule is O=C(NC1CCCC1)N[C@@H]1CC[C@@H](CC(=O)N2CCOCC2)O[C@@H]1CO. The number of ether oxygens (including phenoxy) is 2. The van der Waals surface area contributed by atoms with Crippen LogP contribution in [0.2, 0.25) is 0 Å². The number of nitrogens with zero attached hydrogens (tertiary/aromatic N) is 1. The molecule has 0 aromatic carbocycles. The van der Waals surface area contributed by atoms with Crippen LogP contribution in [-0.4, -0.2) is 79.1 Å². The molecule has 1 saturated carbocycles. The number of rotatable bonds is 5. The van der Waals surface area contributed by atoms with Gasteiger partial charge >= 0.3 is 6.03 Å². The highest BCUT2D eigenvalue weighted by atomic mass is 16.5. The molecule has 0 bridgehead atoms. The number of amides is 3. The Balaban J connectivity index is 1.43. The zero-order valence-electron chi connectivity index (χ0n) is 15.3. The van der Waals surface area contributed by atoms with Crippen molar-refractivity contribution >= 4 is 11.9 Å². The number of urea groups is 1. The van der Waals surface area contributed by atoms with E-state index in [9.17, 15) is 14.7 Å². The van der Waals surface area contributed by atoms with Gasteiger partial charge in [-0.05, 0) is 25.7 Å². The molecule has 3 rings (SSSR count). The van der Waals surface area contributed by atoms with Crippen molar-refractivity contribution < 1.29 is 24.2 Å². The van der Waals surface area contributed by atoms with Crippen molar-refractivity contribution in [1.82, 2.24) is 15.5 Å². The monoisotopic (exact) mass is 369 g/mol. The molecule has 26 heavy (non-hydrogen) atoms. The smallest absolute Gasteiger partial charge is 0.315 e. The van der Waals surface area contributed by atoms with E-state index in [1.807, 2.05) is 0 Å².